The average Bonchev–Trinajstić information content (AvgIpc) is 3.61. The Morgan fingerprint density at radius 2 is 1.89 bits per heavy atom. The first kappa shape index (κ1) is 23.7. The Hall–Kier alpha value is -3.98. The number of aromatic nitrogens is 1. The number of aromatic hydroxyl groups is 1. The van der Waals surface area contributed by atoms with E-state index in [9.17, 15) is 19.5 Å². The van der Waals surface area contributed by atoms with E-state index in [0.29, 0.717) is 50.7 Å². The molecular formula is C26H23ClN2O7. The number of Topliss-reactive ketones (excluding diaryl/α,β-unsaturated/α-hetero) is 1. The van der Waals surface area contributed by atoms with Gasteiger partial charge in [-0.2, -0.15) is 0 Å². The Labute approximate surface area is 211 Å². The van der Waals surface area contributed by atoms with Gasteiger partial charge < -0.3 is 29.2 Å². The van der Waals surface area contributed by atoms with Crippen LogP contribution in [0.3, 0.4) is 0 Å². The zero-order valence-corrected chi connectivity index (χ0v) is 20.5. The number of rotatable bonds is 7. The van der Waals surface area contributed by atoms with E-state index < -0.39 is 11.7 Å². The summed E-state index contributed by atoms with van der Waals surface area (Å²) in [7, 11) is 4.52. The van der Waals surface area contributed by atoms with Gasteiger partial charge in [-0.1, -0.05) is 12.2 Å². The molecule has 0 bridgehead atoms. The molecular weight excluding hydrogens is 488 g/mol. The van der Waals surface area contributed by atoms with Crippen molar-refractivity contribution in [1.82, 2.24) is 4.98 Å². The highest BCUT2D eigenvalue weighted by Gasteiger charge is 2.39. The van der Waals surface area contributed by atoms with E-state index in [0.717, 1.165) is 5.56 Å². The molecule has 10 heteroatoms. The molecule has 0 spiro atoms. The second kappa shape index (κ2) is 8.91. The van der Waals surface area contributed by atoms with Gasteiger partial charge in [0.15, 0.2) is 17.8 Å². The third-order valence-electron chi connectivity index (χ3n) is 6.78. The average molecular weight is 511 g/mol. The minimum atomic E-state index is -0.852. The van der Waals surface area contributed by atoms with Gasteiger partial charge in [-0.3, -0.25) is 14.4 Å². The van der Waals surface area contributed by atoms with Crippen molar-refractivity contribution in [1.29, 1.82) is 0 Å². The van der Waals surface area contributed by atoms with Gasteiger partial charge in [-0.25, -0.2) is 0 Å². The maximum absolute atomic E-state index is 13.7. The Morgan fingerprint density at radius 3 is 2.53 bits per heavy atom. The number of benzene rings is 2. The smallest absolute Gasteiger partial charge is 0.274 e. The number of allylic oxidation sites excluding steroid dienone is 1. The van der Waals surface area contributed by atoms with E-state index in [4.69, 9.17) is 25.8 Å². The normalized spacial score (nSPS) is 17.7. The van der Waals surface area contributed by atoms with Gasteiger partial charge in [-0.05, 0) is 23.3 Å². The van der Waals surface area contributed by atoms with Gasteiger partial charge in [0.2, 0.25) is 11.5 Å². The van der Waals surface area contributed by atoms with Crippen molar-refractivity contribution >= 4 is 52.2 Å². The summed E-state index contributed by atoms with van der Waals surface area (Å²) >= 11 is 6.29. The molecule has 2 atom stereocenters. The number of carbonyl (C=O) groups excluding carboxylic acids is 3. The predicted octanol–water partition coefficient (Wildman–Crippen LogP) is 3.76. The number of alkyl halides is 1. The molecule has 1 aliphatic heterocycles. The number of carbonyl (C=O) groups is 3. The van der Waals surface area contributed by atoms with Gasteiger partial charge in [0.1, 0.15) is 11.4 Å². The Bertz CT molecular complexity index is 1460. The summed E-state index contributed by atoms with van der Waals surface area (Å²) in [6.45, 7) is 0.285. The maximum Gasteiger partial charge on any atom is 0.274 e. The lowest BCUT2D eigenvalue weighted by Gasteiger charge is -2.19. The molecule has 186 valence electrons. The number of methoxy groups -OCH3 is 3. The number of nitrogens with one attached hydrogen (secondary N) is 1. The summed E-state index contributed by atoms with van der Waals surface area (Å²) in [5.41, 5.74) is 3.13. The van der Waals surface area contributed by atoms with Crippen molar-refractivity contribution in [3.8, 4) is 23.0 Å². The lowest BCUT2D eigenvalue weighted by molar-refractivity contribution is -0.130. The monoisotopic (exact) mass is 510 g/mol. The standard InChI is InChI=1S/C26H23ClN2O7/c1-34-20-7-12-6-16(28-23(12)25(36-3)24(20)35-2)26(33)29-10-13(9-27)21-15-5-4-14(19(32)11-30)22(15)18(31)8-17(21)29/h4-8,11,13-14,28,31H,9-10H2,1-3H3/t13-,14?/m1/s1. The molecule has 1 aromatic heterocycles. The largest absolute Gasteiger partial charge is 0.508 e. The van der Waals surface area contributed by atoms with Crippen molar-refractivity contribution in [3.05, 3.63) is 46.7 Å². The summed E-state index contributed by atoms with van der Waals surface area (Å²) < 4.78 is 16.4. The molecule has 2 aromatic carbocycles. The molecule has 1 amide bonds. The first-order chi connectivity index (χ1) is 17.4. The molecule has 0 fully saturated rings. The number of amides is 1. The Balaban J connectivity index is 1.61. The van der Waals surface area contributed by atoms with Crippen LogP contribution in [0.25, 0.3) is 17.0 Å². The van der Waals surface area contributed by atoms with Crippen LogP contribution >= 0.6 is 11.6 Å². The topological polar surface area (TPSA) is 118 Å². The molecule has 0 saturated carbocycles. The number of aromatic amines is 1. The number of phenols is 1. The number of ketones is 1. The van der Waals surface area contributed by atoms with E-state index in [-0.39, 0.29) is 36.3 Å². The van der Waals surface area contributed by atoms with Crippen molar-refractivity contribution in [2.75, 3.05) is 38.7 Å². The van der Waals surface area contributed by atoms with Crippen LogP contribution in [-0.2, 0) is 9.59 Å². The fourth-order valence-electron chi connectivity index (χ4n) is 5.20. The predicted molar refractivity (Wildman–Crippen MR) is 134 cm³/mol. The zero-order valence-electron chi connectivity index (χ0n) is 19.8. The molecule has 2 N–H and O–H groups in total. The third-order valence-corrected chi connectivity index (χ3v) is 7.15. The summed E-state index contributed by atoms with van der Waals surface area (Å²) in [5, 5.41) is 11.5. The van der Waals surface area contributed by atoms with Crippen LogP contribution in [-0.4, -0.2) is 61.8 Å². The minimum absolute atomic E-state index is 0.158. The number of H-pyrrole nitrogens is 1. The quantitative estimate of drug-likeness (QED) is 0.282. The first-order valence-electron chi connectivity index (χ1n) is 11.1. The minimum Gasteiger partial charge on any atom is -0.508 e. The van der Waals surface area contributed by atoms with Crippen molar-refractivity contribution in [2.45, 2.75) is 11.8 Å². The molecule has 5 rings (SSSR count). The number of hydrogen-bond acceptors (Lipinski definition) is 7. The number of ether oxygens (including phenoxy) is 3. The highest BCUT2D eigenvalue weighted by Crippen LogP contribution is 2.50. The highest BCUT2D eigenvalue weighted by molar-refractivity contribution is 6.29. The van der Waals surface area contributed by atoms with Crippen LogP contribution in [0, 0.1) is 0 Å². The van der Waals surface area contributed by atoms with Crippen LogP contribution in [0.5, 0.6) is 23.0 Å². The molecule has 36 heavy (non-hydrogen) atoms. The fraction of sp³-hybridized carbons (Fsp3) is 0.269. The molecule has 2 heterocycles. The summed E-state index contributed by atoms with van der Waals surface area (Å²) in [5.74, 6) is -0.734. The van der Waals surface area contributed by atoms with E-state index in [2.05, 4.69) is 4.98 Å². The Morgan fingerprint density at radius 1 is 1.14 bits per heavy atom. The highest BCUT2D eigenvalue weighted by atomic mass is 35.5. The van der Waals surface area contributed by atoms with Gasteiger partial charge in [0.05, 0.1) is 38.5 Å². The van der Waals surface area contributed by atoms with Crippen molar-refractivity contribution in [2.24, 2.45) is 0 Å². The summed E-state index contributed by atoms with van der Waals surface area (Å²) in [4.78, 5) is 41.6. The van der Waals surface area contributed by atoms with Gasteiger partial charge in [-0.15, -0.1) is 11.6 Å². The van der Waals surface area contributed by atoms with Crippen LogP contribution in [0.4, 0.5) is 5.69 Å². The molecule has 2 aliphatic rings. The number of fused-ring (bicyclic) bond motifs is 4. The number of aldehydes is 1. The molecule has 0 saturated heterocycles. The van der Waals surface area contributed by atoms with E-state index >= 15 is 0 Å². The molecule has 1 unspecified atom stereocenters. The molecule has 0 radical (unpaired) electrons. The summed E-state index contributed by atoms with van der Waals surface area (Å²) in [6.07, 6.45) is 3.54. The number of nitrogens with zero attached hydrogens (tertiary/aromatic N) is 1. The number of hydrogen-bond donors (Lipinski definition) is 2. The van der Waals surface area contributed by atoms with Crippen molar-refractivity contribution in [3.63, 3.8) is 0 Å². The number of anilines is 1. The molecule has 1 aliphatic carbocycles. The second-order valence-corrected chi connectivity index (χ2v) is 8.88. The zero-order chi connectivity index (χ0) is 25.7. The third kappa shape index (κ3) is 3.34. The van der Waals surface area contributed by atoms with E-state index in [1.54, 1.807) is 29.2 Å². The SMILES string of the molecule is COc1cc2cc(C(=O)N3C[C@@H](CCl)c4c3cc(O)c3c4C=CC3C(=O)C=O)[nH]c2c(OC)c1OC. The fourth-order valence-corrected chi connectivity index (χ4v) is 5.45. The van der Waals surface area contributed by atoms with E-state index in [1.165, 1.54) is 27.4 Å². The van der Waals surface area contributed by atoms with Crippen LogP contribution in [0.2, 0.25) is 0 Å². The van der Waals surface area contributed by atoms with Crippen molar-refractivity contribution < 1.29 is 33.7 Å². The molecule has 3 aromatic rings. The lowest BCUT2D eigenvalue weighted by atomic mass is 9.90. The van der Waals surface area contributed by atoms with Gasteiger partial charge in [0, 0.05) is 35.4 Å². The maximum atomic E-state index is 13.7. The second-order valence-electron chi connectivity index (χ2n) is 8.57. The van der Waals surface area contributed by atoms with Crippen LogP contribution in [0.15, 0.2) is 24.3 Å². The van der Waals surface area contributed by atoms with E-state index in [1.807, 2.05) is 0 Å². The first-order valence-corrected chi connectivity index (χ1v) is 11.7. The van der Waals surface area contributed by atoms with Crippen LogP contribution < -0.4 is 19.1 Å². The van der Waals surface area contributed by atoms with Crippen LogP contribution in [0.1, 0.15) is 39.0 Å². The van der Waals surface area contributed by atoms with Gasteiger partial charge in [0.25, 0.3) is 5.91 Å². The number of halogens is 1. The molecule has 9 nitrogen and oxygen atoms in total. The number of phenolic OH excluding ortho intramolecular Hbond substituents is 1. The van der Waals surface area contributed by atoms with Gasteiger partial charge >= 0.3 is 0 Å². The Kier molecular flexibility index (Phi) is 5.88. The lowest BCUT2D eigenvalue weighted by Crippen LogP contribution is -2.30. The summed E-state index contributed by atoms with van der Waals surface area (Å²) in [6, 6.07) is 4.91.